The molecular weight excluding hydrogens is 312 g/mol. The first-order valence-electron chi connectivity index (χ1n) is 7.28. The van der Waals surface area contributed by atoms with Crippen molar-refractivity contribution in [3.8, 4) is 11.4 Å². The summed E-state index contributed by atoms with van der Waals surface area (Å²) >= 11 is 0. The Morgan fingerprint density at radius 2 is 1.96 bits per heavy atom. The number of nitrogens with zero attached hydrogens (tertiary/aromatic N) is 3. The molecule has 0 aliphatic carbocycles. The number of methoxy groups -OCH3 is 2. The number of carbonyl (C=O) groups is 2. The van der Waals surface area contributed by atoms with Crippen LogP contribution in [0.1, 0.15) is 30.0 Å². The SMILES string of the molecule is COC(=O)C(C)(C)NC(=O)c1nnn(-c2cccc(OC)c2)c1C. The second-order valence-electron chi connectivity index (χ2n) is 5.71. The van der Waals surface area contributed by atoms with Crippen LogP contribution in [0.25, 0.3) is 5.69 Å². The lowest BCUT2D eigenvalue weighted by Crippen LogP contribution is -2.50. The predicted octanol–water partition coefficient (Wildman–Crippen LogP) is 1.27. The van der Waals surface area contributed by atoms with Crippen LogP contribution in [0.5, 0.6) is 5.75 Å². The van der Waals surface area contributed by atoms with Crippen LogP contribution in [-0.4, -0.2) is 46.6 Å². The lowest BCUT2D eigenvalue weighted by Gasteiger charge is -2.22. The van der Waals surface area contributed by atoms with Crippen molar-refractivity contribution < 1.29 is 19.1 Å². The fourth-order valence-corrected chi connectivity index (χ4v) is 2.18. The van der Waals surface area contributed by atoms with Crippen LogP contribution in [0.3, 0.4) is 0 Å². The van der Waals surface area contributed by atoms with Gasteiger partial charge in [0.1, 0.15) is 11.3 Å². The molecule has 0 saturated heterocycles. The summed E-state index contributed by atoms with van der Waals surface area (Å²) in [4.78, 5) is 24.1. The first-order valence-corrected chi connectivity index (χ1v) is 7.28. The van der Waals surface area contributed by atoms with Gasteiger partial charge in [-0.15, -0.1) is 5.10 Å². The van der Waals surface area contributed by atoms with Gasteiger partial charge in [0.25, 0.3) is 5.91 Å². The third-order valence-corrected chi connectivity index (χ3v) is 3.53. The average Bonchev–Trinajstić information content (AvgIpc) is 2.95. The Morgan fingerprint density at radius 1 is 1.25 bits per heavy atom. The highest BCUT2D eigenvalue weighted by Gasteiger charge is 2.32. The number of amides is 1. The Hall–Kier alpha value is -2.90. The van der Waals surface area contributed by atoms with Crippen molar-refractivity contribution in [2.45, 2.75) is 26.3 Å². The number of aromatic nitrogens is 3. The van der Waals surface area contributed by atoms with E-state index in [0.29, 0.717) is 17.1 Å². The highest BCUT2D eigenvalue weighted by Crippen LogP contribution is 2.18. The summed E-state index contributed by atoms with van der Waals surface area (Å²) in [6.45, 7) is 4.83. The van der Waals surface area contributed by atoms with Gasteiger partial charge in [0.15, 0.2) is 5.69 Å². The third kappa shape index (κ3) is 3.37. The molecule has 1 amide bonds. The molecule has 0 fully saturated rings. The van der Waals surface area contributed by atoms with Gasteiger partial charge in [-0.05, 0) is 32.9 Å². The van der Waals surface area contributed by atoms with Crippen LogP contribution >= 0.6 is 0 Å². The zero-order valence-corrected chi connectivity index (χ0v) is 14.3. The molecule has 0 radical (unpaired) electrons. The molecule has 0 aliphatic rings. The van der Waals surface area contributed by atoms with Gasteiger partial charge in [0.05, 0.1) is 25.6 Å². The van der Waals surface area contributed by atoms with Crippen molar-refractivity contribution in [2.75, 3.05) is 14.2 Å². The van der Waals surface area contributed by atoms with Crippen LogP contribution < -0.4 is 10.1 Å². The van der Waals surface area contributed by atoms with Gasteiger partial charge < -0.3 is 14.8 Å². The highest BCUT2D eigenvalue weighted by atomic mass is 16.5. The molecule has 24 heavy (non-hydrogen) atoms. The van der Waals surface area contributed by atoms with Crippen molar-refractivity contribution in [3.63, 3.8) is 0 Å². The maximum absolute atomic E-state index is 12.4. The van der Waals surface area contributed by atoms with Gasteiger partial charge in [-0.2, -0.15) is 0 Å². The normalized spacial score (nSPS) is 11.0. The minimum Gasteiger partial charge on any atom is -0.497 e. The minimum atomic E-state index is -1.17. The number of ether oxygens (including phenoxy) is 2. The Morgan fingerprint density at radius 3 is 2.58 bits per heavy atom. The largest absolute Gasteiger partial charge is 0.497 e. The molecule has 0 spiro atoms. The van der Waals surface area contributed by atoms with E-state index in [1.807, 2.05) is 18.2 Å². The Kier molecular flexibility index (Phi) is 4.87. The van der Waals surface area contributed by atoms with E-state index in [9.17, 15) is 9.59 Å². The zero-order valence-electron chi connectivity index (χ0n) is 14.3. The van der Waals surface area contributed by atoms with Crippen molar-refractivity contribution >= 4 is 11.9 Å². The molecular formula is C16H20N4O4. The molecule has 128 valence electrons. The first kappa shape index (κ1) is 17.5. The fourth-order valence-electron chi connectivity index (χ4n) is 2.18. The summed E-state index contributed by atoms with van der Waals surface area (Å²) in [7, 11) is 2.83. The zero-order chi connectivity index (χ0) is 17.9. The molecule has 1 N–H and O–H groups in total. The number of nitrogens with one attached hydrogen (secondary N) is 1. The van der Waals surface area contributed by atoms with E-state index in [2.05, 4.69) is 20.4 Å². The van der Waals surface area contributed by atoms with E-state index in [4.69, 9.17) is 4.74 Å². The summed E-state index contributed by atoms with van der Waals surface area (Å²) in [5.41, 5.74) is 0.222. The Labute approximate surface area is 139 Å². The standard InChI is InChI=1S/C16H20N4O4/c1-10-13(14(21)17-16(2,3)15(22)24-5)18-19-20(10)11-7-6-8-12(9-11)23-4/h6-9H,1-5H3,(H,17,21). The molecule has 8 nitrogen and oxygen atoms in total. The Balaban J connectivity index is 2.29. The van der Waals surface area contributed by atoms with Crippen molar-refractivity contribution in [3.05, 3.63) is 35.7 Å². The van der Waals surface area contributed by atoms with Crippen LogP contribution in [-0.2, 0) is 9.53 Å². The van der Waals surface area contributed by atoms with Gasteiger partial charge in [0, 0.05) is 6.07 Å². The second kappa shape index (κ2) is 6.69. The van der Waals surface area contributed by atoms with E-state index >= 15 is 0 Å². The number of benzene rings is 1. The van der Waals surface area contributed by atoms with E-state index in [0.717, 1.165) is 0 Å². The molecule has 8 heteroatoms. The quantitative estimate of drug-likeness (QED) is 0.828. The lowest BCUT2D eigenvalue weighted by molar-refractivity contribution is -0.146. The van der Waals surface area contributed by atoms with Gasteiger partial charge in [-0.1, -0.05) is 11.3 Å². The summed E-state index contributed by atoms with van der Waals surface area (Å²) in [5.74, 6) is -0.383. The van der Waals surface area contributed by atoms with Gasteiger partial charge in [-0.3, -0.25) is 4.79 Å². The number of carbonyl (C=O) groups excluding carboxylic acids is 2. The van der Waals surface area contributed by atoms with E-state index in [-0.39, 0.29) is 5.69 Å². The molecule has 2 aromatic rings. The smallest absolute Gasteiger partial charge is 0.330 e. The fraction of sp³-hybridized carbons (Fsp3) is 0.375. The van der Waals surface area contributed by atoms with Crippen LogP contribution in [0.2, 0.25) is 0 Å². The Bertz CT molecular complexity index is 767. The summed E-state index contributed by atoms with van der Waals surface area (Å²) in [6.07, 6.45) is 0. The maximum Gasteiger partial charge on any atom is 0.330 e. The lowest BCUT2D eigenvalue weighted by atomic mass is 10.1. The topological polar surface area (TPSA) is 95.3 Å². The molecule has 1 aromatic heterocycles. The first-order chi connectivity index (χ1) is 11.3. The third-order valence-electron chi connectivity index (χ3n) is 3.53. The predicted molar refractivity (Wildman–Crippen MR) is 86.2 cm³/mol. The van der Waals surface area contributed by atoms with E-state index in [1.165, 1.54) is 11.8 Å². The van der Waals surface area contributed by atoms with E-state index in [1.54, 1.807) is 33.9 Å². The molecule has 1 aromatic carbocycles. The summed E-state index contributed by atoms with van der Waals surface area (Å²) < 4.78 is 11.4. The van der Waals surface area contributed by atoms with Crippen molar-refractivity contribution in [2.24, 2.45) is 0 Å². The molecule has 0 atom stereocenters. The summed E-state index contributed by atoms with van der Waals surface area (Å²) in [5, 5.41) is 10.5. The van der Waals surface area contributed by atoms with Gasteiger partial charge >= 0.3 is 5.97 Å². The van der Waals surface area contributed by atoms with Crippen molar-refractivity contribution in [1.29, 1.82) is 0 Å². The summed E-state index contributed by atoms with van der Waals surface area (Å²) in [6, 6.07) is 7.23. The molecule has 0 saturated carbocycles. The van der Waals surface area contributed by atoms with Crippen LogP contribution in [0, 0.1) is 6.92 Å². The van der Waals surface area contributed by atoms with Crippen molar-refractivity contribution in [1.82, 2.24) is 20.3 Å². The number of esters is 1. The number of hydrogen-bond donors (Lipinski definition) is 1. The molecule has 0 aliphatic heterocycles. The van der Waals surface area contributed by atoms with Crippen LogP contribution in [0.4, 0.5) is 0 Å². The van der Waals surface area contributed by atoms with E-state index < -0.39 is 17.4 Å². The molecule has 0 bridgehead atoms. The molecule has 2 rings (SSSR count). The second-order valence-corrected chi connectivity index (χ2v) is 5.71. The average molecular weight is 332 g/mol. The monoisotopic (exact) mass is 332 g/mol. The van der Waals surface area contributed by atoms with Gasteiger partial charge in [0.2, 0.25) is 0 Å². The number of rotatable bonds is 5. The van der Waals surface area contributed by atoms with Gasteiger partial charge in [-0.25, -0.2) is 9.48 Å². The van der Waals surface area contributed by atoms with Crippen LogP contribution in [0.15, 0.2) is 24.3 Å². The minimum absolute atomic E-state index is 0.134. The molecule has 1 heterocycles. The molecule has 0 unspecified atom stereocenters. The highest BCUT2D eigenvalue weighted by molar-refractivity contribution is 5.97. The maximum atomic E-state index is 12.4. The number of hydrogen-bond acceptors (Lipinski definition) is 6.